The minimum absolute atomic E-state index is 0.140. The maximum atomic E-state index is 11.7. The number of H-pyrrole nitrogens is 1. The third kappa shape index (κ3) is 2.47. The van der Waals surface area contributed by atoms with E-state index in [4.69, 9.17) is 5.73 Å². The summed E-state index contributed by atoms with van der Waals surface area (Å²) in [6.07, 6.45) is 1.91. The first kappa shape index (κ1) is 9.57. The summed E-state index contributed by atoms with van der Waals surface area (Å²) >= 11 is 0. The van der Waals surface area contributed by atoms with Crippen LogP contribution in [0.25, 0.3) is 0 Å². The lowest BCUT2D eigenvalue weighted by Gasteiger charge is -2.06. The van der Waals surface area contributed by atoms with Gasteiger partial charge in [-0.05, 0) is 12.5 Å². The van der Waals surface area contributed by atoms with Crippen LogP contribution in [0.4, 0.5) is 15.8 Å². The molecule has 0 amide bonds. The molecule has 0 fully saturated rings. The van der Waals surface area contributed by atoms with Gasteiger partial charge >= 0.3 is 0 Å². The molecule has 4 nitrogen and oxygen atoms in total. The molecule has 4 N–H and O–H groups in total. The van der Waals surface area contributed by atoms with Gasteiger partial charge in [0.25, 0.3) is 5.56 Å². The molecule has 0 aliphatic rings. The standard InChI is InChI=1S/C8H12FN3O/c9-3-1-4-11-6-2-5-12-8(13)7(6)10/h2,5H,1,3-4,10H2,(H2,11,12,13). The molecule has 0 saturated carbocycles. The van der Waals surface area contributed by atoms with Crippen LogP contribution in [-0.4, -0.2) is 18.2 Å². The van der Waals surface area contributed by atoms with Gasteiger partial charge in [-0.3, -0.25) is 9.18 Å². The van der Waals surface area contributed by atoms with Crippen molar-refractivity contribution in [2.45, 2.75) is 6.42 Å². The Kier molecular flexibility index (Phi) is 3.31. The number of nitrogen functional groups attached to an aromatic ring is 1. The van der Waals surface area contributed by atoms with Crippen LogP contribution in [0.2, 0.25) is 0 Å². The molecule has 1 rings (SSSR count). The highest BCUT2D eigenvalue weighted by Gasteiger charge is 2.00. The van der Waals surface area contributed by atoms with Crippen molar-refractivity contribution in [1.82, 2.24) is 4.98 Å². The second-order valence-electron chi connectivity index (χ2n) is 2.60. The van der Waals surface area contributed by atoms with Crippen molar-refractivity contribution >= 4 is 11.4 Å². The quantitative estimate of drug-likeness (QED) is 0.605. The van der Waals surface area contributed by atoms with Crippen LogP contribution in [-0.2, 0) is 0 Å². The van der Waals surface area contributed by atoms with Gasteiger partial charge in [0.05, 0.1) is 12.4 Å². The number of halogens is 1. The lowest BCUT2D eigenvalue weighted by molar-refractivity contribution is 0.481. The fourth-order valence-electron chi connectivity index (χ4n) is 0.935. The fraction of sp³-hybridized carbons (Fsp3) is 0.375. The highest BCUT2D eigenvalue weighted by Crippen LogP contribution is 2.10. The second-order valence-corrected chi connectivity index (χ2v) is 2.60. The smallest absolute Gasteiger partial charge is 0.273 e. The SMILES string of the molecule is Nc1c(NCCCF)cc[nH]c1=O. The maximum absolute atomic E-state index is 11.7. The molecule has 0 atom stereocenters. The predicted molar refractivity (Wildman–Crippen MR) is 50.6 cm³/mol. The zero-order chi connectivity index (χ0) is 9.68. The molecule has 0 aliphatic carbocycles. The Bertz CT molecular complexity index is 323. The molecule has 1 heterocycles. The lowest BCUT2D eigenvalue weighted by Crippen LogP contribution is -2.15. The Morgan fingerprint density at radius 1 is 1.62 bits per heavy atom. The summed E-state index contributed by atoms with van der Waals surface area (Å²) in [7, 11) is 0. The number of anilines is 2. The van der Waals surface area contributed by atoms with Gasteiger partial charge in [0.15, 0.2) is 0 Å². The first-order valence-corrected chi connectivity index (χ1v) is 4.02. The highest BCUT2D eigenvalue weighted by molar-refractivity contribution is 5.63. The van der Waals surface area contributed by atoms with Gasteiger partial charge in [0.2, 0.25) is 0 Å². The van der Waals surface area contributed by atoms with Gasteiger partial charge < -0.3 is 16.0 Å². The van der Waals surface area contributed by atoms with Crippen molar-refractivity contribution in [2.24, 2.45) is 0 Å². The van der Waals surface area contributed by atoms with Gasteiger partial charge in [-0.15, -0.1) is 0 Å². The summed E-state index contributed by atoms with van der Waals surface area (Å²) in [6, 6.07) is 1.65. The summed E-state index contributed by atoms with van der Waals surface area (Å²) < 4.78 is 11.7. The van der Waals surface area contributed by atoms with Crippen molar-refractivity contribution in [3.63, 3.8) is 0 Å². The zero-order valence-electron chi connectivity index (χ0n) is 7.14. The minimum Gasteiger partial charge on any atom is -0.393 e. The molecule has 0 spiro atoms. The van der Waals surface area contributed by atoms with E-state index in [2.05, 4.69) is 10.3 Å². The fourth-order valence-corrected chi connectivity index (χ4v) is 0.935. The Morgan fingerprint density at radius 2 is 2.38 bits per heavy atom. The summed E-state index contributed by atoms with van der Waals surface area (Å²) in [5.41, 5.74) is 5.83. The van der Waals surface area contributed by atoms with Gasteiger partial charge in [-0.1, -0.05) is 0 Å². The summed E-state index contributed by atoms with van der Waals surface area (Å²) in [6.45, 7) is 0.0975. The van der Waals surface area contributed by atoms with E-state index < -0.39 is 0 Å². The van der Waals surface area contributed by atoms with Crippen LogP contribution in [0.15, 0.2) is 17.1 Å². The largest absolute Gasteiger partial charge is 0.393 e. The molecule has 0 aromatic carbocycles. The molecule has 0 saturated heterocycles. The highest BCUT2D eigenvalue weighted by atomic mass is 19.1. The Morgan fingerprint density at radius 3 is 3.08 bits per heavy atom. The summed E-state index contributed by atoms with van der Waals surface area (Å²) in [4.78, 5) is 13.4. The Hall–Kier alpha value is -1.52. The number of alkyl halides is 1. The predicted octanol–water partition coefficient (Wildman–Crippen LogP) is 0.729. The summed E-state index contributed by atoms with van der Waals surface area (Å²) in [5.74, 6) is 0. The molecule has 0 bridgehead atoms. The van der Waals surface area contributed by atoms with Crippen LogP contribution >= 0.6 is 0 Å². The number of aromatic nitrogens is 1. The molecule has 0 radical (unpaired) electrons. The van der Waals surface area contributed by atoms with Crippen molar-refractivity contribution in [1.29, 1.82) is 0 Å². The van der Waals surface area contributed by atoms with E-state index >= 15 is 0 Å². The molecule has 0 unspecified atom stereocenters. The Labute approximate surface area is 75.0 Å². The number of hydrogen-bond acceptors (Lipinski definition) is 3. The number of nitrogens with two attached hydrogens (primary N) is 1. The van der Waals surface area contributed by atoms with Gasteiger partial charge in [0, 0.05) is 12.7 Å². The van der Waals surface area contributed by atoms with Gasteiger partial charge in [-0.25, -0.2) is 0 Å². The van der Waals surface area contributed by atoms with E-state index in [9.17, 15) is 9.18 Å². The molecular formula is C8H12FN3O. The topological polar surface area (TPSA) is 70.9 Å². The average molecular weight is 185 g/mol. The van der Waals surface area contributed by atoms with E-state index in [1.165, 1.54) is 6.20 Å². The average Bonchev–Trinajstić information content (AvgIpc) is 2.13. The lowest BCUT2D eigenvalue weighted by atomic mass is 10.3. The van der Waals surface area contributed by atoms with Gasteiger partial charge in [0.1, 0.15) is 5.69 Å². The van der Waals surface area contributed by atoms with E-state index in [1.807, 2.05) is 0 Å². The van der Waals surface area contributed by atoms with Crippen molar-refractivity contribution in [2.75, 3.05) is 24.3 Å². The zero-order valence-corrected chi connectivity index (χ0v) is 7.14. The number of aromatic amines is 1. The Balaban J connectivity index is 2.66. The maximum Gasteiger partial charge on any atom is 0.273 e. The minimum atomic E-state index is -0.379. The van der Waals surface area contributed by atoms with Crippen LogP contribution in [0, 0.1) is 0 Å². The number of rotatable bonds is 4. The van der Waals surface area contributed by atoms with Crippen LogP contribution in [0.3, 0.4) is 0 Å². The third-order valence-electron chi connectivity index (χ3n) is 1.63. The van der Waals surface area contributed by atoms with Crippen LogP contribution in [0.5, 0.6) is 0 Å². The number of pyridine rings is 1. The second kappa shape index (κ2) is 4.49. The molecule has 5 heteroatoms. The van der Waals surface area contributed by atoms with E-state index in [1.54, 1.807) is 6.07 Å². The summed E-state index contributed by atoms with van der Waals surface area (Å²) in [5, 5.41) is 2.87. The molecule has 1 aromatic rings. The molecule has 1 aromatic heterocycles. The van der Waals surface area contributed by atoms with Gasteiger partial charge in [-0.2, -0.15) is 0 Å². The molecule has 13 heavy (non-hydrogen) atoms. The van der Waals surface area contributed by atoms with Crippen molar-refractivity contribution in [3.05, 3.63) is 22.6 Å². The third-order valence-corrected chi connectivity index (χ3v) is 1.63. The van der Waals surface area contributed by atoms with Crippen LogP contribution < -0.4 is 16.6 Å². The number of nitrogens with one attached hydrogen (secondary N) is 2. The van der Waals surface area contributed by atoms with Crippen molar-refractivity contribution in [3.8, 4) is 0 Å². The molecular weight excluding hydrogens is 173 g/mol. The normalized spacial score (nSPS) is 9.92. The van der Waals surface area contributed by atoms with E-state index in [0.717, 1.165) is 0 Å². The number of hydrogen-bond donors (Lipinski definition) is 3. The van der Waals surface area contributed by atoms with Crippen LogP contribution in [0.1, 0.15) is 6.42 Å². The van der Waals surface area contributed by atoms with Crippen molar-refractivity contribution < 1.29 is 4.39 Å². The molecule has 0 aliphatic heterocycles. The van der Waals surface area contributed by atoms with E-state index in [-0.39, 0.29) is 17.9 Å². The first-order valence-electron chi connectivity index (χ1n) is 4.02. The first-order chi connectivity index (χ1) is 6.25. The van der Waals surface area contributed by atoms with E-state index in [0.29, 0.717) is 18.7 Å². The molecule has 72 valence electrons. The monoisotopic (exact) mass is 185 g/mol.